The molecule has 0 saturated heterocycles. The molecule has 3 aromatic carbocycles. The Morgan fingerprint density at radius 2 is 1.63 bits per heavy atom. The van der Waals surface area contributed by atoms with E-state index in [9.17, 15) is 19.7 Å². The van der Waals surface area contributed by atoms with E-state index in [2.05, 4.69) is 5.32 Å². The van der Waals surface area contributed by atoms with E-state index in [4.69, 9.17) is 9.47 Å². The van der Waals surface area contributed by atoms with Gasteiger partial charge in [-0.15, -0.1) is 0 Å². The van der Waals surface area contributed by atoms with E-state index in [1.54, 1.807) is 48.5 Å². The van der Waals surface area contributed by atoms with Crippen LogP contribution in [0.1, 0.15) is 20.7 Å². The number of methoxy groups -OCH3 is 1. The molecule has 0 radical (unpaired) electrons. The minimum Gasteiger partial charge on any atom is -0.497 e. The average Bonchev–Trinajstić information content (AvgIpc) is 2.78. The molecule has 0 unspecified atom stereocenters. The van der Waals surface area contributed by atoms with Gasteiger partial charge < -0.3 is 14.8 Å². The molecule has 0 saturated carbocycles. The minimum absolute atomic E-state index is 0.0865. The van der Waals surface area contributed by atoms with E-state index >= 15 is 0 Å². The van der Waals surface area contributed by atoms with Gasteiger partial charge in [-0.2, -0.15) is 0 Å². The monoisotopic (exact) mass is 406 g/mol. The SMILES string of the molecule is COc1cccc(C(=O)COc2ccc(NC(=O)c3ccc([N+](=O)[O-])cc3)cc2)c1. The highest BCUT2D eigenvalue weighted by atomic mass is 16.6. The molecule has 3 aromatic rings. The van der Waals surface area contributed by atoms with Gasteiger partial charge in [0.1, 0.15) is 11.5 Å². The number of anilines is 1. The van der Waals surface area contributed by atoms with Crippen molar-refractivity contribution < 1.29 is 24.0 Å². The first-order valence-electron chi connectivity index (χ1n) is 8.92. The van der Waals surface area contributed by atoms with Crippen molar-refractivity contribution in [3.8, 4) is 11.5 Å². The molecule has 0 aliphatic heterocycles. The van der Waals surface area contributed by atoms with Crippen LogP contribution in [-0.4, -0.2) is 30.3 Å². The smallest absolute Gasteiger partial charge is 0.269 e. The molecule has 0 aliphatic rings. The molecule has 0 bridgehead atoms. The highest BCUT2D eigenvalue weighted by Gasteiger charge is 2.11. The number of ether oxygens (including phenoxy) is 2. The maximum Gasteiger partial charge on any atom is 0.269 e. The van der Waals surface area contributed by atoms with E-state index in [1.165, 1.54) is 31.4 Å². The van der Waals surface area contributed by atoms with Crippen LogP contribution in [0.15, 0.2) is 72.8 Å². The van der Waals surface area contributed by atoms with Crippen molar-refractivity contribution in [1.29, 1.82) is 0 Å². The average molecular weight is 406 g/mol. The molecular formula is C22H18N2O6. The van der Waals surface area contributed by atoms with E-state index in [1.807, 2.05) is 0 Å². The zero-order valence-corrected chi connectivity index (χ0v) is 16.0. The molecule has 0 atom stereocenters. The summed E-state index contributed by atoms with van der Waals surface area (Å²) in [6.45, 7) is -0.137. The van der Waals surface area contributed by atoms with Crippen molar-refractivity contribution in [2.45, 2.75) is 0 Å². The summed E-state index contributed by atoms with van der Waals surface area (Å²) in [6.07, 6.45) is 0. The Balaban J connectivity index is 1.56. The van der Waals surface area contributed by atoms with Gasteiger partial charge in [0.15, 0.2) is 12.4 Å². The number of non-ortho nitro benzene ring substituents is 1. The van der Waals surface area contributed by atoms with Crippen LogP contribution in [0.25, 0.3) is 0 Å². The van der Waals surface area contributed by atoms with Gasteiger partial charge in [0.05, 0.1) is 12.0 Å². The van der Waals surface area contributed by atoms with Crippen molar-refractivity contribution in [3.05, 3.63) is 94.0 Å². The summed E-state index contributed by atoms with van der Waals surface area (Å²) < 4.78 is 10.6. The molecule has 8 nitrogen and oxygen atoms in total. The van der Waals surface area contributed by atoms with Crippen LogP contribution in [0.2, 0.25) is 0 Å². The molecular weight excluding hydrogens is 388 g/mol. The first kappa shape index (κ1) is 20.5. The first-order valence-corrected chi connectivity index (χ1v) is 8.92. The summed E-state index contributed by atoms with van der Waals surface area (Å²) in [7, 11) is 1.53. The van der Waals surface area contributed by atoms with Crippen LogP contribution >= 0.6 is 0 Å². The van der Waals surface area contributed by atoms with Gasteiger partial charge >= 0.3 is 0 Å². The van der Waals surface area contributed by atoms with Crippen molar-refractivity contribution in [2.75, 3.05) is 19.0 Å². The second-order valence-electron chi connectivity index (χ2n) is 6.23. The first-order chi connectivity index (χ1) is 14.5. The predicted molar refractivity (Wildman–Crippen MR) is 110 cm³/mol. The van der Waals surface area contributed by atoms with Crippen LogP contribution in [0.4, 0.5) is 11.4 Å². The Bertz CT molecular complexity index is 1060. The van der Waals surface area contributed by atoms with Crippen LogP contribution in [0.5, 0.6) is 11.5 Å². The number of carbonyl (C=O) groups excluding carboxylic acids is 2. The molecule has 1 amide bonds. The third-order valence-electron chi connectivity index (χ3n) is 4.21. The number of nitro groups is 1. The summed E-state index contributed by atoms with van der Waals surface area (Å²) in [5.41, 5.74) is 1.22. The number of hydrogen-bond donors (Lipinski definition) is 1. The summed E-state index contributed by atoms with van der Waals surface area (Å²) in [6, 6.07) is 18.6. The molecule has 0 aliphatic carbocycles. The molecule has 0 spiro atoms. The maximum atomic E-state index is 12.2. The lowest BCUT2D eigenvalue weighted by Gasteiger charge is -2.09. The Morgan fingerprint density at radius 3 is 2.27 bits per heavy atom. The predicted octanol–water partition coefficient (Wildman–Crippen LogP) is 4.12. The van der Waals surface area contributed by atoms with Gasteiger partial charge in [-0.05, 0) is 48.5 Å². The fourth-order valence-corrected chi connectivity index (χ4v) is 2.60. The number of ketones is 1. The summed E-state index contributed by atoms with van der Waals surface area (Å²) in [5.74, 6) is 0.477. The van der Waals surface area contributed by atoms with E-state index < -0.39 is 10.8 Å². The fraction of sp³-hybridized carbons (Fsp3) is 0.0909. The number of nitrogens with one attached hydrogen (secondary N) is 1. The topological polar surface area (TPSA) is 108 Å². The molecule has 0 heterocycles. The highest BCUT2D eigenvalue weighted by molar-refractivity contribution is 6.04. The van der Waals surface area contributed by atoms with Crippen LogP contribution in [0.3, 0.4) is 0 Å². The normalized spacial score (nSPS) is 10.2. The second kappa shape index (κ2) is 9.33. The zero-order chi connectivity index (χ0) is 21.5. The lowest BCUT2D eigenvalue weighted by Crippen LogP contribution is -2.12. The van der Waals surface area contributed by atoms with Crippen LogP contribution < -0.4 is 14.8 Å². The van der Waals surface area contributed by atoms with Crippen molar-refractivity contribution in [3.63, 3.8) is 0 Å². The van der Waals surface area contributed by atoms with Gasteiger partial charge in [-0.25, -0.2) is 0 Å². The highest BCUT2D eigenvalue weighted by Crippen LogP contribution is 2.19. The van der Waals surface area contributed by atoms with Gasteiger partial charge in [-0.1, -0.05) is 12.1 Å². The van der Waals surface area contributed by atoms with Crippen LogP contribution in [-0.2, 0) is 0 Å². The summed E-state index contributed by atoms with van der Waals surface area (Å²) in [4.78, 5) is 34.6. The maximum absolute atomic E-state index is 12.2. The lowest BCUT2D eigenvalue weighted by atomic mass is 10.1. The third kappa shape index (κ3) is 5.20. The van der Waals surface area contributed by atoms with Gasteiger partial charge in [-0.3, -0.25) is 19.7 Å². The molecule has 0 fully saturated rings. The summed E-state index contributed by atoms with van der Waals surface area (Å²) >= 11 is 0. The van der Waals surface area contributed by atoms with Gasteiger partial charge in [0.25, 0.3) is 11.6 Å². The van der Waals surface area contributed by atoms with Crippen molar-refractivity contribution >= 4 is 23.1 Å². The van der Waals surface area contributed by atoms with Crippen molar-refractivity contribution in [2.24, 2.45) is 0 Å². The van der Waals surface area contributed by atoms with E-state index in [0.717, 1.165) is 0 Å². The zero-order valence-electron chi connectivity index (χ0n) is 16.0. The quantitative estimate of drug-likeness (QED) is 0.343. The second-order valence-corrected chi connectivity index (χ2v) is 6.23. The number of amides is 1. The standard InChI is InChI=1S/C22H18N2O6/c1-29-20-4-2-3-16(13-20)21(25)14-30-19-11-7-17(8-12-19)23-22(26)15-5-9-18(10-6-15)24(27)28/h2-13H,14H2,1H3,(H,23,26). The molecule has 0 aromatic heterocycles. The lowest BCUT2D eigenvalue weighted by molar-refractivity contribution is -0.384. The molecule has 8 heteroatoms. The van der Waals surface area contributed by atoms with Gasteiger partial charge in [0, 0.05) is 28.9 Å². The minimum atomic E-state index is -0.528. The largest absolute Gasteiger partial charge is 0.497 e. The number of carbonyl (C=O) groups is 2. The molecule has 152 valence electrons. The van der Waals surface area contributed by atoms with E-state index in [0.29, 0.717) is 28.3 Å². The number of rotatable bonds is 8. The number of hydrogen-bond acceptors (Lipinski definition) is 6. The molecule has 1 N–H and O–H groups in total. The number of Topliss-reactive ketones (excluding diaryl/α,β-unsaturated/α-hetero) is 1. The molecule has 30 heavy (non-hydrogen) atoms. The Labute approximate surface area is 172 Å². The van der Waals surface area contributed by atoms with E-state index in [-0.39, 0.29) is 18.1 Å². The number of benzene rings is 3. The Hall–Kier alpha value is -4.20. The van der Waals surface area contributed by atoms with Gasteiger partial charge in [0.2, 0.25) is 0 Å². The summed E-state index contributed by atoms with van der Waals surface area (Å²) in [5, 5.41) is 13.4. The number of nitrogens with zero attached hydrogens (tertiary/aromatic N) is 1. The third-order valence-corrected chi connectivity index (χ3v) is 4.21. The van der Waals surface area contributed by atoms with Crippen molar-refractivity contribution in [1.82, 2.24) is 0 Å². The number of nitro benzene ring substituents is 1. The van der Waals surface area contributed by atoms with Crippen LogP contribution in [0, 0.1) is 10.1 Å². The molecule has 3 rings (SSSR count). The fourth-order valence-electron chi connectivity index (χ4n) is 2.60. The Kier molecular flexibility index (Phi) is 6.39. The Morgan fingerprint density at radius 1 is 0.933 bits per heavy atom.